The van der Waals surface area contributed by atoms with Crippen LogP contribution in [0.5, 0.6) is 0 Å². The van der Waals surface area contributed by atoms with Gasteiger partial charge < -0.3 is 62.3 Å². The van der Waals surface area contributed by atoms with E-state index in [1.54, 1.807) is 6.08 Å². The summed E-state index contributed by atoms with van der Waals surface area (Å²) in [6.07, 6.45) is 9.96. The molecule has 0 spiro atoms. The van der Waals surface area contributed by atoms with Crippen molar-refractivity contribution in [1.29, 1.82) is 0 Å². The van der Waals surface area contributed by atoms with Crippen molar-refractivity contribution < 1.29 is 67.1 Å². The normalized spacial score (nSPS) is 57.6. The van der Waals surface area contributed by atoms with Gasteiger partial charge in [0.25, 0.3) is 0 Å². The molecule has 64 heavy (non-hydrogen) atoms. The van der Waals surface area contributed by atoms with Gasteiger partial charge in [0, 0.05) is 57.6 Å². The Kier molecular flexibility index (Phi) is 11.2. The lowest BCUT2D eigenvalue weighted by molar-refractivity contribution is -0.356. The standard InChI is InChI=1S/C50H74O14/c1-25(24-51)14-28-17-37(52)50(8)41(54-28)19-33-34(61-50)18-32-29(55-33)10-9-12-46(4)42(58-32)23-49(7)40(62-46)21-39-47(5,64-49)13-11-30-44(60-39)26(2)15-31-36(56-30)22-48(6)38(57-31)20-35-45(63-48)27(3)16-43(53)59-35/h9-10,16,25-26,28-42,44-45,51-52H,11-15,17-24H2,1-8H3/b10-9-/t25?,26-,28-,29-,30+,31+,32+,33+,34-,35+,36-,37+,38-,39+,40-,41-,42-,44-,45-,46+,47-,48+,49+,50+/m1/s1. The Morgan fingerprint density at radius 2 is 1.47 bits per heavy atom. The molecule has 14 heteroatoms. The van der Waals surface area contributed by atoms with Crippen LogP contribution in [0.4, 0.5) is 0 Å². The summed E-state index contributed by atoms with van der Waals surface area (Å²) in [6, 6.07) is 0. The second kappa shape index (κ2) is 16.0. The number of ether oxygens (including phenoxy) is 11. The van der Waals surface area contributed by atoms with Gasteiger partial charge in [-0.05, 0) is 91.1 Å². The molecule has 1 unspecified atom stereocenters. The molecule has 0 saturated carbocycles. The van der Waals surface area contributed by atoms with Crippen LogP contribution in [-0.4, -0.2) is 155 Å². The fraction of sp³-hybridized carbons (Fsp3) is 0.900. The van der Waals surface area contributed by atoms with Crippen LogP contribution in [0.3, 0.4) is 0 Å². The fourth-order valence-electron chi connectivity index (χ4n) is 14.2. The Bertz CT molecular complexity index is 1860. The number of aliphatic hydroxyl groups is 2. The third kappa shape index (κ3) is 7.54. The maximum Gasteiger partial charge on any atom is 0.331 e. The van der Waals surface area contributed by atoms with Crippen LogP contribution in [0.15, 0.2) is 23.8 Å². The van der Waals surface area contributed by atoms with Gasteiger partial charge in [-0.25, -0.2) is 4.79 Å². The number of fused-ring (bicyclic) bond motifs is 10. The molecule has 0 bridgehead atoms. The number of aliphatic hydroxyl groups excluding tert-OH is 2. The largest absolute Gasteiger partial charge is 0.456 e. The molecule has 0 aliphatic carbocycles. The van der Waals surface area contributed by atoms with E-state index in [-0.39, 0.29) is 122 Å². The molecule has 9 fully saturated rings. The van der Waals surface area contributed by atoms with Crippen molar-refractivity contribution in [2.75, 3.05) is 6.61 Å². The van der Waals surface area contributed by atoms with Gasteiger partial charge in [-0.15, -0.1) is 0 Å². The van der Waals surface area contributed by atoms with E-state index in [1.165, 1.54) is 0 Å². The smallest absolute Gasteiger partial charge is 0.331 e. The molecule has 11 rings (SSSR count). The van der Waals surface area contributed by atoms with Crippen LogP contribution in [0.1, 0.15) is 132 Å². The van der Waals surface area contributed by atoms with E-state index < -0.39 is 34.1 Å². The van der Waals surface area contributed by atoms with Crippen molar-refractivity contribution in [2.24, 2.45) is 11.8 Å². The summed E-state index contributed by atoms with van der Waals surface area (Å²) in [6.45, 7) is 17.0. The van der Waals surface area contributed by atoms with E-state index in [2.05, 4.69) is 46.8 Å². The molecule has 14 nitrogen and oxygen atoms in total. The van der Waals surface area contributed by atoms with Crippen LogP contribution in [0.25, 0.3) is 0 Å². The molecule has 0 amide bonds. The Labute approximate surface area is 378 Å². The van der Waals surface area contributed by atoms with Gasteiger partial charge in [-0.3, -0.25) is 0 Å². The number of esters is 1. The number of carbonyl (C=O) groups excluding carboxylic acids is 1. The van der Waals surface area contributed by atoms with Crippen molar-refractivity contribution in [3.05, 3.63) is 23.8 Å². The zero-order valence-electron chi connectivity index (χ0n) is 39.2. The van der Waals surface area contributed by atoms with Gasteiger partial charge in [-0.2, -0.15) is 0 Å². The Morgan fingerprint density at radius 1 is 0.703 bits per heavy atom. The predicted octanol–water partition coefficient (Wildman–Crippen LogP) is 5.35. The Balaban J connectivity index is 0.775. The SMILES string of the molecule is CC1=CC(=O)O[C@H]2C[C@H]3O[C@H]4C[C@@H](C)[C@H]5O[C@H]6C[C@H]7O[C@@]8(C)C/C=C\[C@H]9O[C@H]%10C[C@H]%11O[C@H](CC(C)CO)C[C@H](O)[C@]%11(C)O[C@@H]%10C[C@@H]9O[C@@H]8C[C@]7(C)O[C@]6(C)CC[C@@H]5O[C@@H]4C[C@]3(C)O[C@H]12. The minimum atomic E-state index is -0.856. The monoisotopic (exact) mass is 899 g/mol. The van der Waals surface area contributed by atoms with Crippen molar-refractivity contribution in [3.8, 4) is 0 Å². The summed E-state index contributed by atoms with van der Waals surface area (Å²) in [4.78, 5) is 12.3. The molecule has 0 aromatic rings. The van der Waals surface area contributed by atoms with E-state index in [1.807, 2.05) is 20.8 Å². The van der Waals surface area contributed by atoms with Crippen LogP contribution >= 0.6 is 0 Å². The average Bonchev–Trinajstić information content (AvgIpc) is 3.43. The molecule has 24 atom stereocenters. The molecule has 11 aliphatic rings. The lowest BCUT2D eigenvalue weighted by atomic mass is 9.72. The number of rotatable bonds is 3. The van der Waals surface area contributed by atoms with Crippen molar-refractivity contribution in [3.63, 3.8) is 0 Å². The van der Waals surface area contributed by atoms with E-state index >= 15 is 0 Å². The zero-order valence-corrected chi connectivity index (χ0v) is 39.2. The van der Waals surface area contributed by atoms with E-state index in [9.17, 15) is 15.0 Å². The highest BCUT2D eigenvalue weighted by molar-refractivity contribution is 5.84. The Morgan fingerprint density at radius 3 is 2.28 bits per heavy atom. The first-order chi connectivity index (χ1) is 30.4. The van der Waals surface area contributed by atoms with Crippen LogP contribution < -0.4 is 0 Å². The topological polar surface area (TPSA) is 159 Å². The second-order valence-electron chi connectivity index (χ2n) is 23.2. The number of carbonyl (C=O) groups is 1. The zero-order chi connectivity index (χ0) is 44.7. The molecule has 11 heterocycles. The highest BCUT2D eigenvalue weighted by Gasteiger charge is 2.64. The van der Waals surface area contributed by atoms with Crippen molar-refractivity contribution in [2.45, 2.75) is 264 Å². The highest BCUT2D eigenvalue weighted by Crippen LogP contribution is 2.55. The molecule has 11 aliphatic heterocycles. The first kappa shape index (κ1) is 44.9. The quantitative estimate of drug-likeness (QED) is 0.276. The molecule has 0 aromatic heterocycles. The summed E-state index contributed by atoms with van der Waals surface area (Å²) in [5, 5.41) is 21.2. The fourth-order valence-corrected chi connectivity index (χ4v) is 14.2. The third-order valence-corrected chi connectivity index (χ3v) is 18.1. The molecular weight excluding hydrogens is 825 g/mol. The first-order valence-corrected chi connectivity index (χ1v) is 24.9. The van der Waals surface area contributed by atoms with E-state index in [4.69, 9.17) is 52.1 Å². The molecular formula is C50H74O14. The average molecular weight is 899 g/mol. The van der Waals surface area contributed by atoms with Crippen LogP contribution in [0.2, 0.25) is 0 Å². The lowest BCUT2D eigenvalue weighted by Gasteiger charge is -2.60. The minimum absolute atomic E-state index is 0.0936. The maximum atomic E-state index is 12.3. The summed E-state index contributed by atoms with van der Waals surface area (Å²) >= 11 is 0. The molecule has 2 N–H and O–H groups in total. The highest BCUT2D eigenvalue weighted by atomic mass is 16.7. The Hall–Kier alpha value is -1.53. The predicted molar refractivity (Wildman–Crippen MR) is 229 cm³/mol. The van der Waals surface area contributed by atoms with E-state index in [0.717, 1.165) is 24.8 Å². The molecule has 0 radical (unpaired) electrons. The lowest BCUT2D eigenvalue weighted by Crippen LogP contribution is -2.70. The second-order valence-corrected chi connectivity index (χ2v) is 23.2. The van der Waals surface area contributed by atoms with E-state index in [0.29, 0.717) is 57.8 Å². The van der Waals surface area contributed by atoms with Gasteiger partial charge in [0.2, 0.25) is 0 Å². The first-order valence-electron chi connectivity index (χ1n) is 24.9. The number of hydrogen-bond acceptors (Lipinski definition) is 14. The van der Waals surface area contributed by atoms with Crippen molar-refractivity contribution in [1.82, 2.24) is 0 Å². The maximum absolute atomic E-state index is 12.3. The summed E-state index contributed by atoms with van der Waals surface area (Å²) < 4.78 is 75.9. The summed E-state index contributed by atoms with van der Waals surface area (Å²) in [5.41, 5.74) is -2.31. The van der Waals surface area contributed by atoms with Crippen molar-refractivity contribution >= 4 is 5.97 Å². The summed E-state index contributed by atoms with van der Waals surface area (Å²) in [5.74, 6) is -0.0407. The molecule has 0 aromatic carbocycles. The van der Waals surface area contributed by atoms with Gasteiger partial charge >= 0.3 is 5.97 Å². The number of hydrogen-bond donors (Lipinski definition) is 2. The van der Waals surface area contributed by atoms with Gasteiger partial charge in [-0.1, -0.05) is 26.0 Å². The summed E-state index contributed by atoms with van der Waals surface area (Å²) in [7, 11) is 0. The third-order valence-electron chi connectivity index (χ3n) is 18.1. The van der Waals surface area contributed by atoms with Crippen LogP contribution in [0, 0.1) is 11.8 Å². The van der Waals surface area contributed by atoms with Gasteiger partial charge in [0.05, 0.1) is 108 Å². The van der Waals surface area contributed by atoms with Crippen LogP contribution in [-0.2, 0) is 56.9 Å². The molecule has 9 saturated heterocycles. The molecule has 358 valence electrons. The van der Waals surface area contributed by atoms with Gasteiger partial charge in [0.1, 0.15) is 23.9 Å². The minimum Gasteiger partial charge on any atom is -0.456 e. The van der Waals surface area contributed by atoms with Gasteiger partial charge in [0.15, 0.2) is 0 Å².